The molecule has 6 nitrogen and oxygen atoms in total. The van der Waals surface area contributed by atoms with Crippen molar-refractivity contribution in [1.82, 2.24) is 5.32 Å². The van der Waals surface area contributed by atoms with Crippen LogP contribution >= 0.6 is 23.8 Å². The van der Waals surface area contributed by atoms with Crippen molar-refractivity contribution in [3.63, 3.8) is 0 Å². The van der Waals surface area contributed by atoms with Gasteiger partial charge in [0.05, 0.1) is 23.9 Å². The summed E-state index contributed by atoms with van der Waals surface area (Å²) >= 11 is 11.6. The second-order valence-electron chi connectivity index (χ2n) is 6.66. The lowest BCUT2D eigenvalue weighted by Gasteiger charge is -2.28. The third kappa shape index (κ3) is 4.47. The van der Waals surface area contributed by atoms with Gasteiger partial charge >= 0.3 is 0 Å². The fourth-order valence-electron chi connectivity index (χ4n) is 2.86. The number of thiocarbonyl (C=S) groups is 1. The number of ether oxygens (including phenoxy) is 2. The molecular formula is C22H21ClN2O4S. The molecule has 1 heterocycles. The summed E-state index contributed by atoms with van der Waals surface area (Å²) in [6.45, 7) is 3.93. The summed E-state index contributed by atoms with van der Waals surface area (Å²) in [5.74, 6) is -0.270. The molecule has 0 saturated carbocycles. The van der Waals surface area contributed by atoms with Crippen molar-refractivity contribution in [2.45, 2.75) is 26.4 Å². The average molecular weight is 445 g/mol. The minimum Gasteiger partial charge on any atom is -0.493 e. The lowest BCUT2D eigenvalue weighted by Crippen LogP contribution is -2.54. The van der Waals surface area contributed by atoms with Crippen LogP contribution in [0.5, 0.6) is 11.5 Å². The third-order valence-corrected chi connectivity index (χ3v) is 5.14. The van der Waals surface area contributed by atoms with Crippen LogP contribution in [0.1, 0.15) is 25.8 Å². The van der Waals surface area contributed by atoms with Gasteiger partial charge < -0.3 is 9.47 Å². The number of nitrogens with zero attached hydrogens (tertiary/aromatic N) is 1. The fraction of sp³-hybridized carbons (Fsp3) is 0.227. The van der Waals surface area contributed by atoms with Crippen LogP contribution in [-0.2, 0) is 9.59 Å². The van der Waals surface area contributed by atoms with Crippen LogP contribution in [0.3, 0.4) is 0 Å². The molecule has 1 saturated heterocycles. The van der Waals surface area contributed by atoms with Crippen molar-refractivity contribution in [2.24, 2.45) is 0 Å². The summed E-state index contributed by atoms with van der Waals surface area (Å²) in [7, 11) is 1.50. The van der Waals surface area contributed by atoms with E-state index in [1.165, 1.54) is 18.1 Å². The molecule has 2 aromatic rings. The molecule has 0 aromatic heterocycles. The molecule has 0 bridgehead atoms. The second kappa shape index (κ2) is 9.28. The Bertz CT molecular complexity index is 1020. The molecule has 1 unspecified atom stereocenters. The highest BCUT2D eigenvalue weighted by molar-refractivity contribution is 7.80. The molecule has 0 aliphatic carbocycles. The molecule has 3 rings (SSSR count). The molecule has 1 atom stereocenters. The average Bonchev–Trinajstić information content (AvgIpc) is 2.73. The van der Waals surface area contributed by atoms with Gasteiger partial charge in [-0.2, -0.15) is 0 Å². The van der Waals surface area contributed by atoms with Gasteiger partial charge in [0.15, 0.2) is 16.6 Å². The van der Waals surface area contributed by atoms with Crippen LogP contribution in [0, 0.1) is 0 Å². The summed E-state index contributed by atoms with van der Waals surface area (Å²) in [5.41, 5.74) is 1.01. The first-order valence-electron chi connectivity index (χ1n) is 9.36. The molecule has 1 aliphatic rings. The van der Waals surface area contributed by atoms with Crippen molar-refractivity contribution in [1.29, 1.82) is 0 Å². The summed E-state index contributed by atoms with van der Waals surface area (Å²) < 4.78 is 11.3. The fourth-order valence-corrected chi connectivity index (χ4v) is 3.40. The number of benzene rings is 2. The van der Waals surface area contributed by atoms with Gasteiger partial charge in [0.2, 0.25) is 0 Å². The highest BCUT2D eigenvalue weighted by Crippen LogP contribution is 2.38. The second-order valence-corrected chi connectivity index (χ2v) is 7.46. The minimum absolute atomic E-state index is 0.0289. The van der Waals surface area contributed by atoms with Gasteiger partial charge in [-0.3, -0.25) is 19.8 Å². The van der Waals surface area contributed by atoms with Gasteiger partial charge in [0, 0.05) is 0 Å². The Morgan fingerprint density at radius 1 is 1.23 bits per heavy atom. The van der Waals surface area contributed by atoms with Crippen molar-refractivity contribution < 1.29 is 19.1 Å². The van der Waals surface area contributed by atoms with E-state index in [0.717, 1.165) is 6.42 Å². The van der Waals surface area contributed by atoms with Crippen LogP contribution in [0.15, 0.2) is 48.0 Å². The first-order valence-corrected chi connectivity index (χ1v) is 10.1. The van der Waals surface area contributed by atoms with Crippen LogP contribution in [0.2, 0.25) is 5.02 Å². The summed E-state index contributed by atoms with van der Waals surface area (Å²) in [6, 6.07) is 12.2. The number of methoxy groups -OCH3 is 1. The number of rotatable bonds is 6. The van der Waals surface area contributed by atoms with Gasteiger partial charge in [0.25, 0.3) is 11.8 Å². The molecule has 2 amide bonds. The van der Waals surface area contributed by atoms with Crippen molar-refractivity contribution in [2.75, 3.05) is 12.0 Å². The van der Waals surface area contributed by atoms with E-state index in [2.05, 4.69) is 5.32 Å². The zero-order valence-corrected chi connectivity index (χ0v) is 18.3. The summed E-state index contributed by atoms with van der Waals surface area (Å²) in [6.07, 6.45) is 2.21. The highest BCUT2D eigenvalue weighted by atomic mass is 35.5. The molecule has 1 fully saturated rings. The Labute approximate surface area is 185 Å². The Morgan fingerprint density at radius 2 is 1.93 bits per heavy atom. The van der Waals surface area contributed by atoms with E-state index in [9.17, 15) is 9.59 Å². The van der Waals surface area contributed by atoms with Gasteiger partial charge in [0.1, 0.15) is 5.57 Å². The lowest BCUT2D eigenvalue weighted by molar-refractivity contribution is -0.122. The first kappa shape index (κ1) is 21.8. The maximum Gasteiger partial charge on any atom is 0.270 e. The normalized spacial score (nSPS) is 16.5. The van der Waals surface area contributed by atoms with Gasteiger partial charge in [-0.05, 0) is 61.5 Å². The first-order chi connectivity index (χ1) is 14.3. The topological polar surface area (TPSA) is 67.9 Å². The molecule has 0 spiro atoms. The number of halogens is 1. The standard InChI is InChI=1S/C22H21ClN2O4S/c1-4-13(2)29-19-17(23)11-14(12-18(19)28-3)10-16-20(26)24-22(30)25(21(16)27)15-8-6-5-7-9-15/h5-13H,4H2,1-3H3,(H,24,26,30)/b16-10+. The highest BCUT2D eigenvalue weighted by Gasteiger charge is 2.34. The van der Waals surface area contributed by atoms with Gasteiger partial charge in [-0.1, -0.05) is 36.7 Å². The Balaban J connectivity index is 2.00. The largest absolute Gasteiger partial charge is 0.493 e. The Kier molecular flexibility index (Phi) is 6.74. The molecule has 30 heavy (non-hydrogen) atoms. The molecule has 1 N–H and O–H groups in total. The quantitative estimate of drug-likeness (QED) is 0.407. The van der Waals surface area contributed by atoms with E-state index >= 15 is 0 Å². The van der Waals surface area contributed by atoms with Crippen LogP contribution in [0.25, 0.3) is 6.08 Å². The van der Waals surface area contributed by atoms with E-state index in [4.69, 9.17) is 33.3 Å². The zero-order chi connectivity index (χ0) is 21.8. The molecule has 156 valence electrons. The van der Waals surface area contributed by atoms with E-state index in [1.54, 1.807) is 36.4 Å². The van der Waals surface area contributed by atoms with E-state index in [0.29, 0.717) is 27.8 Å². The number of hydrogen-bond donors (Lipinski definition) is 1. The van der Waals surface area contributed by atoms with E-state index < -0.39 is 11.8 Å². The third-order valence-electron chi connectivity index (χ3n) is 4.57. The van der Waals surface area contributed by atoms with E-state index in [1.807, 2.05) is 19.9 Å². The number of carbonyl (C=O) groups excluding carboxylic acids is 2. The maximum absolute atomic E-state index is 13.1. The van der Waals surface area contributed by atoms with Crippen molar-refractivity contribution in [3.05, 3.63) is 58.6 Å². The smallest absolute Gasteiger partial charge is 0.270 e. The van der Waals surface area contributed by atoms with Gasteiger partial charge in [-0.25, -0.2) is 0 Å². The molecule has 8 heteroatoms. The number of carbonyl (C=O) groups is 2. The number of anilines is 1. The lowest BCUT2D eigenvalue weighted by atomic mass is 10.1. The van der Waals surface area contributed by atoms with Crippen LogP contribution in [-0.4, -0.2) is 30.1 Å². The number of para-hydroxylation sites is 1. The Morgan fingerprint density at radius 3 is 2.57 bits per heavy atom. The van der Waals surface area contributed by atoms with Crippen molar-refractivity contribution >= 4 is 52.5 Å². The molecule has 1 aliphatic heterocycles. The Hall–Kier alpha value is -2.90. The molecule has 2 aromatic carbocycles. The number of amides is 2. The van der Waals surface area contributed by atoms with Gasteiger partial charge in [-0.15, -0.1) is 0 Å². The minimum atomic E-state index is -0.577. The number of nitrogens with one attached hydrogen (secondary N) is 1. The zero-order valence-electron chi connectivity index (χ0n) is 16.8. The predicted octanol–water partition coefficient (Wildman–Crippen LogP) is 4.36. The van der Waals surface area contributed by atoms with Crippen molar-refractivity contribution in [3.8, 4) is 11.5 Å². The summed E-state index contributed by atoms with van der Waals surface area (Å²) in [4.78, 5) is 26.8. The molecule has 0 radical (unpaired) electrons. The SMILES string of the molecule is CCC(C)Oc1c(Cl)cc(/C=C2\C(=O)NC(=S)N(c3ccccc3)C2=O)cc1OC. The summed E-state index contributed by atoms with van der Waals surface area (Å²) in [5, 5.41) is 2.91. The predicted molar refractivity (Wildman–Crippen MR) is 121 cm³/mol. The van der Waals surface area contributed by atoms with Crippen LogP contribution in [0.4, 0.5) is 5.69 Å². The maximum atomic E-state index is 13.1. The van der Waals surface area contributed by atoms with Crippen LogP contribution < -0.4 is 19.7 Å². The monoisotopic (exact) mass is 444 g/mol. The van der Waals surface area contributed by atoms with E-state index in [-0.39, 0.29) is 16.8 Å². The number of hydrogen-bond acceptors (Lipinski definition) is 5. The molecular weight excluding hydrogens is 424 g/mol.